The van der Waals surface area contributed by atoms with Gasteiger partial charge in [-0.1, -0.05) is 60.7 Å². The first-order valence-corrected chi connectivity index (χ1v) is 11.3. The smallest absolute Gasteiger partial charge is 0.299 e. The van der Waals surface area contributed by atoms with Crippen LogP contribution in [0.5, 0.6) is 0 Å². The Labute approximate surface area is 187 Å². The summed E-state index contributed by atoms with van der Waals surface area (Å²) in [5.41, 5.74) is 8.08. The van der Waals surface area contributed by atoms with E-state index in [0.29, 0.717) is 5.56 Å². The first-order chi connectivity index (χ1) is 15.5. The summed E-state index contributed by atoms with van der Waals surface area (Å²) in [6.45, 7) is 2.62. The minimum atomic E-state index is -4.30. The van der Waals surface area contributed by atoms with E-state index in [1.165, 1.54) is 39.9 Å². The van der Waals surface area contributed by atoms with Gasteiger partial charge in [0.1, 0.15) is 0 Å². The molecule has 5 rings (SSSR count). The van der Waals surface area contributed by atoms with Gasteiger partial charge in [0.15, 0.2) is 0 Å². The minimum absolute atomic E-state index is 0.576. The Bertz CT molecular complexity index is 1160. The van der Waals surface area contributed by atoms with Crippen LogP contribution >= 0.6 is 0 Å². The van der Waals surface area contributed by atoms with E-state index in [4.69, 9.17) is 0 Å². The van der Waals surface area contributed by atoms with Gasteiger partial charge >= 0.3 is 6.18 Å². The van der Waals surface area contributed by atoms with Crippen molar-refractivity contribution in [2.45, 2.75) is 31.9 Å². The molecule has 1 nitrogen and oxygen atoms in total. The molecule has 1 heterocycles. The Morgan fingerprint density at radius 2 is 1.59 bits per heavy atom. The van der Waals surface area contributed by atoms with Crippen molar-refractivity contribution in [3.05, 3.63) is 101 Å². The van der Waals surface area contributed by atoms with Gasteiger partial charge in [-0.25, -0.2) is 0 Å². The standard InChI is InChI=1S/C28H26F3N/c29-28(30,31)25-6-3-5-23(19-25)21-13-16-32(17-14-21)15-12-20-8-11-27-24(18-20)10-9-22-4-1-2-7-26(22)27/h1-8,11,13,18-19H,9-10,12,14-17H2. The summed E-state index contributed by atoms with van der Waals surface area (Å²) >= 11 is 0. The Morgan fingerprint density at radius 3 is 2.41 bits per heavy atom. The molecule has 0 aromatic heterocycles. The van der Waals surface area contributed by atoms with Crippen LogP contribution in [-0.4, -0.2) is 24.5 Å². The lowest BCUT2D eigenvalue weighted by atomic mass is 9.84. The molecule has 0 unspecified atom stereocenters. The van der Waals surface area contributed by atoms with E-state index in [2.05, 4.69) is 53.4 Å². The molecule has 1 aliphatic carbocycles. The van der Waals surface area contributed by atoms with Crippen LogP contribution in [-0.2, 0) is 25.4 Å². The molecule has 164 valence electrons. The first kappa shape index (κ1) is 21.0. The largest absolute Gasteiger partial charge is 0.416 e. The third kappa shape index (κ3) is 4.37. The molecule has 0 saturated carbocycles. The van der Waals surface area contributed by atoms with Crippen molar-refractivity contribution < 1.29 is 13.2 Å². The van der Waals surface area contributed by atoms with Gasteiger partial charge in [-0.3, -0.25) is 4.90 Å². The zero-order valence-electron chi connectivity index (χ0n) is 18.0. The third-order valence-electron chi connectivity index (χ3n) is 6.71. The minimum Gasteiger partial charge on any atom is -0.299 e. The maximum absolute atomic E-state index is 13.0. The van der Waals surface area contributed by atoms with E-state index in [1.54, 1.807) is 6.07 Å². The second kappa shape index (κ2) is 8.59. The highest BCUT2D eigenvalue weighted by atomic mass is 19.4. The van der Waals surface area contributed by atoms with Crippen LogP contribution in [0.2, 0.25) is 0 Å². The molecule has 0 bridgehead atoms. The van der Waals surface area contributed by atoms with Crippen LogP contribution in [0.3, 0.4) is 0 Å². The number of benzene rings is 3. The topological polar surface area (TPSA) is 3.24 Å². The Morgan fingerprint density at radius 1 is 0.781 bits per heavy atom. The lowest BCUT2D eigenvalue weighted by Gasteiger charge is -2.27. The van der Waals surface area contributed by atoms with E-state index in [-0.39, 0.29) is 0 Å². The molecule has 2 aliphatic rings. The average molecular weight is 434 g/mol. The number of nitrogens with zero attached hydrogens (tertiary/aromatic N) is 1. The van der Waals surface area contributed by atoms with Crippen molar-refractivity contribution in [3.63, 3.8) is 0 Å². The highest BCUT2D eigenvalue weighted by Gasteiger charge is 2.30. The van der Waals surface area contributed by atoms with Crippen LogP contribution < -0.4 is 0 Å². The zero-order valence-corrected chi connectivity index (χ0v) is 18.0. The number of halogens is 3. The van der Waals surface area contributed by atoms with Gasteiger partial charge in [0.25, 0.3) is 0 Å². The van der Waals surface area contributed by atoms with Crippen LogP contribution in [0.25, 0.3) is 16.7 Å². The molecule has 0 amide bonds. The summed E-state index contributed by atoms with van der Waals surface area (Å²) in [4.78, 5) is 2.38. The van der Waals surface area contributed by atoms with E-state index < -0.39 is 11.7 Å². The van der Waals surface area contributed by atoms with Gasteiger partial charge in [0, 0.05) is 19.6 Å². The number of rotatable bonds is 4. The zero-order chi connectivity index (χ0) is 22.1. The summed E-state index contributed by atoms with van der Waals surface area (Å²) < 4.78 is 39.0. The van der Waals surface area contributed by atoms with Crippen molar-refractivity contribution in [2.24, 2.45) is 0 Å². The molecular weight excluding hydrogens is 407 g/mol. The molecule has 32 heavy (non-hydrogen) atoms. The predicted molar refractivity (Wildman–Crippen MR) is 123 cm³/mol. The molecule has 3 aromatic carbocycles. The fraction of sp³-hybridized carbons (Fsp3) is 0.286. The van der Waals surface area contributed by atoms with Gasteiger partial charge in [-0.15, -0.1) is 0 Å². The maximum Gasteiger partial charge on any atom is 0.416 e. The van der Waals surface area contributed by atoms with Crippen LogP contribution in [0.1, 0.15) is 34.2 Å². The number of hydrogen-bond acceptors (Lipinski definition) is 1. The van der Waals surface area contributed by atoms with E-state index in [1.807, 2.05) is 0 Å². The highest BCUT2D eigenvalue weighted by Crippen LogP contribution is 2.34. The average Bonchev–Trinajstić information content (AvgIpc) is 2.82. The van der Waals surface area contributed by atoms with Crippen molar-refractivity contribution in [1.82, 2.24) is 4.90 Å². The lowest BCUT2D eigenvalue weighted by molar-refractivity contribution is -0.137. The van der Waals surface area contributed by atoms with Crippen molar-refractivity contribution in [1.29, 1.82) is 0 Å². The van der Waals surface area contributed by atoms with Crippen molar-refractivity contribution in [2.75, 3.05) is 19.6 Å². The Hall–Kier alpha value is -2.85. The van der Waals surface area contributed by atoms with E-state index in [9.17, 15) is 13.2 Å². The van der Waals surface area contributed by atoms with Gasteiger partial charge in [-0.05, 0) is 76.8 Å². The monoisotopic (exact) mass is 433 g/mol. The molecule has 1 aliphatic heterocycles. The van der Waals surface area contributed by atoms with Gasteiger partial charge in [0.2, 0.25) is 0 Å². The van der Waals surface area contributed by atoms with Crippen molar-refractivity contribution in [3.8, 4) is 11.1 Å². The number of alkyl halides is 3. The molecule has 0 radical (unpaired) electrons. The molecule has 4 heteroatoms. The second-order valence-electron chi connectivity index (χ2n) is 8.76. The normalized spacial score (nSPS) is 16.3. The molecular formula is C28H26F3N. The predicted octanol–water partition coefficient (Wildman–Crippen LogP) is 6.80. The van der Waals surface area contributed by atoms with Gasteiger partial charge in [0.05, 0.1) is 5.56 Å². The van der Waals surface area contributed by atoms with E-state index in [0.717, 1.165) is 57.0 Å². The SMILES string of the molecule is FC(F)(F)c1cccc(C2=CCN(CCc3ccc4c(c3)CCc3ccccc3-4)CC2)c1. The summed E-state index contributed by atoms with van der Waals surface area (Å²) in [7, 11) is 0. The quantitative estimate of drug-likeness (QED) is 0.437. The van der Waals surface area contributed by atoms with Gasteiger partial charge < -0.3 is 0 Å². The Kier molecular flexibility index (Phi) is 5.64. The third-order valence-corrected chi connectivity index (χ3v) is 6.71. The summed E-state index contributed by atoms with van der Waals surface area (Å²) in [5, 5.41) is 0. The fourth-order valence-electron chi connectivity index (χ4n) is 4.90. The molecule has 0 N–H and O–H groups in total. The van der Waals surface area contributed by atoms with Gasteiger partial charge in [-0.2, -0.15) is 13.2 Å². The summed E-state index contributed by atoms with van der Waals surface area (Å²) in [6, 6.07) is 21.2. The van der Waals surface area contributed by atoms with Crippen molar-refractivity contribution >= 4 is 5.57 Å². The number of fused-ring (bicyclic) bond motifs is 3. The summed E-state index contributed by atoms with van der Waals surface area (Å²) in [5.74, 6) is 0. The molecule has 0 saturated heterocycles. The molecule has 0 spiro atoms. The number of aryl methyl sites for hydroxylation is 2. The van der Waals surface area contributed by atoms with Crippen LogP contribution in [0.15, 0.2) is 72.8 Å². The molecule has 0 fully saturated rings. The lowest BCUT2D eigenvalue weighted by Crippen LogP contribution is -2.30. The van der Waals surface area contributed by atoms with E-state index >= 15 is 0 Å². The Balaban J connectivity index is 1.22. The van der Waals surface area contributed by atoms with Crippen LogP contribution in [0, 0.1) is 0 Å². The summed E-state index contributed by atoms with van der Waals surface area (Å²) in [6.07, 6.45) is 1.75. The molecule has 0 atom stereocenters. The molecule has 3 aromatic rings. The second-order valence-corrected chi connectivity index (χ2v) is 8.76. The van der Waals surface area contributed by atoms with Crippen LogP contribution in [0.4, 0.5) is 13.2 Å². The maximum atomic E-state index is 13.0. The highest BCUT2D eigenvalue weighted by molar-refractivity contribution is 5.73. The fourth-order valence-corrected chi connectivity index (χ4v) is 4.90. The first-order valence-electron chi connectivity index (χ1n) is 11.3. The number of hydrogen-bond donors (Lipinski definition) is 0.